The molecule has 17 heavy (non-hydrogen) atoms. The Morgan fingerprint density at radius 3 is 2.82 bits per heavy atom. The van der Waals surface area contributed by atoms with Gasteiger partial charge in [0.05, 0.1) is 6.61 Å². The fraction of sp³-hybridized carbons (Fsp3) is 0.417. The van der Waals surface area contributed by atoms with Crippen LogP contribution >= 0.6 is 12.4 Å². The van der Waals surface area contributed by atoms with Gasteiger partial charge in [-0.1, -0.05) is 12.1 Å². The highest BCUT2D eigenvalue weighted by Gasteiger charge is 2.03. The SMILES string of the molecule is CCOC(=O)COc1cccc(CCN)c1.Cl. The van der Waals surface area contributed by atoms with Crippen molar-refractivity contribution < 1.29 is 14.3 Å². The van der Waals surface area contributed by atoms with Crippen molar-refractivity contribution in [2.24, 2.45) is 5.73 Å². The molecule has 0 amide bonds. The van der Waals surface area contributed by atoms with Gasteiger partial charge >= 0.3 is 5.97 Å². The van der Waals surface area contributed by atoms with E-state index in [1.165, 1.54) is 0 Å². The van der Waals surface area contributed by atoms with Gasteiger partial charge in [0.1, 0.15) is 5.75 Å². The second kappa shape index (κ2) is 8.84. The van der Waals surface area contributed by atoms with E-state index in [9.17, 15) is 4.79 Å². The van der Waals surface area contributed by atoms with E-state index in [2.05, 4.69) is 0 Å². The largest absolute Gasteiger partial charge is 0.482 e. The summed E-state index contributed by atoms with van der Waals surface area (Å²) in [6.45, 7) is 2.68. The monoisotopic (exact) mass is 259 g/mol. The number of halogens is 1. The van der Waals surface area contributed by atoms with Crippen LogP contribution in [0.15, 0.2) is 24.3 Å². The number of carbonyl (C=O) groups is 1. The van der Waals surface area contributed by atoms with Crippen LogP contribution in [-0.4, -0.2) is 25.7 Å². The van der Waals surface area contributed by atoms with Gasteiger partial charge in [-0.3, -0.25) is 0 Å². The van der Waals surface area contributed by atoms with E-state index in [0.29, 0.717) is 18.9 Å². The Labute approximate surface area is 108 Å². The van der Waals surface area contributed by atoms with Crippen molar-refractivity contribution in [3.05, 3.63) is 29.8 Å². The quantitative estimate of drug-likeness (QED) is 0.788. The molecule has 4 nitrogen and oxygen atoms in total. The van der Waals surface area contributed by atoms with E-state index < -0.39 is 0 Å². The maximum Gasteiger partial charge on any atom is 0.344 e. The number of ether oxygens (including phenoxy) is 2. The van der Waals surface area contributed by atoms with Gasteiger partial charge in [0.2, 0.25) is 0 Å². The van der Waals surface area contributed by atoms with E-state index in [-0.39, 0.29) is 25.0 Å². The summed E-state index contributed by atoms with van der Waals surface area (Å²) in [4.78, 5) is 11.1. The van der Waals surface area contributed by atoms with Crippen molar-refractivity contribution in [2.45, 2.75) is 13.3 Å². The minimum Gasteiger partial charge on any atom is -0.482 e. The highest BCUT2D eigenvalue weighted by Crippen LogP contribution is 2.13. The van der Waals surface area contributed by atoms with E-state index in [1.807, 2.05) is 18.2 Å². The minimum absolute atomic E-state index is 0. The van der Waals surface area contributed by atoms with Gasteiger partial charge in [0.25, 0.3) is 0 Å². The molecule has 0 radical (unpaired) electrons. The summed E-state index contributed by atoms with van der Waals surface area (Å²) < 4.78 is 10.0. The van der Waals surface area contributed by atoms with Crippen LogP contribution in [0.1, 0.15) is 12.5 Å². The number of nitrogens with two attached hydrogens (primary N) is 1. The lowest BCUT2D eigenvalue weighted by Gasteiger charge is -2.07. The van der Waals surface area contributed by atoms with E-state index in [0.717, 1.165) is 12.0 Å². The van der Waals surface area contributed by atoms with Crippen molar-refractivity contribution in [2.75, 3.05) is 19.8 Å². The van der Waals surface area contributed by atoms with Crippen molar-refractivity contribution >= 4 is 18.4 Å². The first-order valence-electron chi connectivity index (χ1n) is 5.33. The van der Waals surface area contributed by atoms with Gasteiger partial charge in [0, 0.05) is 0 Å². The predicted octanol–water partition coefficient (Wildman–Crippen LogP) is 1.55. The summed E-state index contributed by atoms with van der Waals surface area (Å²) >= 11 is 0. The molecule has 0 spiro atoms. The first-order valence-corrected chi connectivity index (χ1v) is 5.33. The predicted molar refractivity (Wildman–Crippen MR) is 68.6 cm³/mol. The summed E-state index contributed by atoms with van der Waals surface area (Å²) in [5.74, 6) is 0.311. The molecule has 0 unspecified atom stereocenters. The van der Waals surface area contributed by atoms with Gasteiger partial charge in [0.15, 0.2) is 6.61 Å². The number of benzene rings is 1. The Balaban J connectivity index is 0.00000256. The third kappa shape index (κ3) is 6.14. The molecule has 1 rings (SSSR count). The molecular weight excluding hydrogens is 242 g/mol. The van der Waals surface area contributed by atoms with Gasteiger partial charge in [-0.05, 0) is 37.6 Å². The molecule has 0 aromatic heterocycles. The van der Waals surface area contributed by atoms with Crippen LogP contribution < -0.4 is 10.5 Å². The van der Waals surface area contributed by atoms with Gasteiger partial charge in [-0.25, -0.2) is 4.79 Å². The average molecular weight is 260 g/mol. The average Bonchev–Trinajstić information content (AvgIpc) is 2.28. The van der Waals surface area contributed by atoms with Gasteiger partial charge in [-0.2, -0.15) is 0 Å². The van der Waals surface area contributed by atoms with E-state index >= 15 is 0 Å². The molecule has 96 valence electrons. The van der Waals surface area contributed by atoms with Crippen LogP contribution in [-0.2, 0) is 16.0 Å². The number of hydrogen-bond donors (Lipinski definition) is 1. The lowest BCUT2D eigenvalue weighted by Crippen LogP contribution is -2.14. The maximum atomic E-state index is 11.1. The second-order valence-electron chi connectivity index (χ2n) is 3.28. The molecule has 1 aromatic rings. The molecule has 0 saturated carbocycles. The highest BCUT2D eigenvalue weighted by molar-refractivity contribution is 5.85. The van der Waals surface area contributed by atoms with Crippen LogP contribution in [0.5, 0.6) is 5.75 Å². The Kier molecular flexibility index (Phi) is 8.19. The minimum atomic E-state index is -0.355. The first-order chi connectivity index (χ1) is 7.76. The topological polar surface area (TPSA) is 61.5 Å². The number of rotatable bonds is 6. The molecule has 5 heteroatoms. The number of esters is 1. The fourth-order valence-electron chi connectivity index (χ4n) is 1.30. The third-order valence-electron chi connectivity index (χ3n) is 1.99. The lowest BCUT2D eigenvalue weighted by molar-refractivity contribution is -0.145. The first kappa shape index (κ1) is 15.7. The Bertz CT molecular complexity index is 344. The Morgan fingerprint density at radius 2 is 2.18 bits per heavy atom. The summed E-state index contributed by atoms with van der Waals surface area (Å²) in [7, 11) is 0. The van der Waals surface area contributed by atoms with Crippen LogP contribution in [0, 0.1) is 0 Å². The van der Waals surface area contributed by atoms with Crippen molar-refractivity contribution in [1.29, 1.82) is 0 Å². The van der Waals surface area contributed by atoms with Crippen LogP contribution in [0.3, 0.4) is 0 Å². The van der Waals surface area contributed by atoms with Crippen molar-refractivity contribution in [3.8, 4) is 5.75 Å². The van der Waals surface area contributed by atoms with E-state index in [4.69, 9.17) is 15.2 Å². The molecule has 0 atom stereocenters. The Morgan fingerprint density at radius 1 is 1.41 bits per heavy atom. The molecule has 0 aliphatic carbocycles. The van der Waals surface area contributed by atoms with Gasteiger partial charge in [-0.15, -0.1) is 12.4 Å². The number of carbonyl (C=O) groups excluding carboxylic acids is 1. The molecule has 0 fully saturated rings. The molecule has 0 aliphatic heterocycles. The summed E-state index contributed by atoms with van der Waals surface area (Å²) in [6, 6.07) is 7.54. The van der Waals surface area contributed by atoms with Crippen molar-refractivity contribution in [3.63, 3.8) is 0 Å². The molecule has 0 aliphatic rings. The van der Waals surface area contributed by atoms with Crippen LogP contribution in [0.2, 0.25) is 0 Å². The zero-order chi connectivity index (χ0) is 11.8. The summed E-state index contributed by atoms with van der Waals surface area (Å²) in [5.41, 5.74) is 6.56. The molecule has 0 heterocycles. The fourth-order valence-corrected chi connectivity index (χ4v) is 1.30. The van der Waals surface area contributed by atoms with Gasteiger partial charge < -0.3 is 15.2 Å². The second-order valence-corrected chi connectivity index (χ2v) is 3.28. The number of hydrogen-bond acceptors (Lipinski definition) is 4. The van der Waals surface area contributed by atoms with Crippen LogP contribution in [0.25, 0.3) is 0 Å². The summed E-state index contributed by atoms with van der Waals surface area (Å²) in [5, 5.41) is 0. The zero-order valence-electron chi connectivity index (χ0n) is 9.85. The third-order valence-corrected chi connectivity index (χ3v) is 1.99. The molecule has 1 aromatic carbocycles. The standard InChI is InChI=1S/C12H17NO3.ClH/c1-2-15-12(14)9-16-11-5-3-4-10(8-11)6-7-13;/h3-5,8H,2,6-7,9,13H2,1H3;1H. The van der Waals surface area contributed by atoms with E-state index in [1.54, 1.807) is 13.0 Å². The zero-order valence-corrected chi connectivity index (χ0v) is 10.7. The van der Waals surface area contributed by atoms with Crippen molar-refractivity contribution in [1.82, 2.24) is 0 Å². The lowest BCUT2D eigenvalue weighted by atomic mass is 10.1. The molecular formula is C12H18ClNO3. The van der Waals surface area contributed by atoms with Crippen LogP contribution in [0.4, 0.5) is 0 Å². The Hall–Kier alpha value is -1.26. The highest BCUT2D eigenvalue weighted by atomic mass is 35.5. The molecule has 2 N–H and O–H groups in total. The smallest absolute Gasteiger partial charge is 0.344 e. The molecule has 0 bridgehead atoms. The normalized spacial score (nSPS) is 9.29. The molecule has 0 saturated heterocycles. The maximum absolute atomic E-state index is 11.1. The summed E-state index contributed by atoms with van der Waals surface area (Å²) in [6.07, 6.45) is 0.802.